The molecule has 2 rings (SSSR count). The number of benzene rings is 1. The smallest absolute Gasteiger partial charge is 0.224 e. The number of likely N-dealkylation sites (tertiary alicyclic amines) is 1. The molecule has 1 saturated heterocycles. The van der Waals surface area contributed by atoms with Crippen molar-refractivity contribution in [1.82, 2.24) is 4.90 Å². The molecule has 0 atom stereocenters. The Morgan fingerprint density at radius 1 is 1.40 bits per heavy atom. The number of nitrogens with zero attached hydrogens (tertiary/aromatic N) is 2. The largest absolute Gasteiger partial charge is 0.325 e. The third kappa shape index (κ3) is 4.07. The standard InChI is InChI=1S/C16H21N3O/c1-19-10-8-13(9-11-19)6-7-16(20)18-15-5-3-2-4-14(15)12-17/h2-5,13H,6-11H2,1H3,(H,18,20). The van der Waals surface area contributed by atoms with Gasteiger partial charge in [-0.25, -0.2) is 0 Å². The molecule has 1 aromatic rings. The second-order valence-electron chi connectivity index (χ2n) is 5.49. The average molecular weight is 271 g/mol. The zero-order chi connectivity index (χ0) is 14.4. The summed E-state index contributed by atoms with van der Waals surface area (Å²) in [5.41, 5.74) is 1.13. The zero-order valence-corrected chi connectivity index (χ0v) is 11.9. The molecule has 1 aliphatic heterocycles. The first-order valence-corrected chi connectivity index (χ1v) is 7.16. The Kier molecular flexibility index (Phi) is 5.14. The summed E-state index contributed by atoms with van der Waals surface area (Å²) in [6.45, 7) is 2.26. The fourth-order valence-electron chi connectivity index (χ4n) is 2.59. The molecule has 1 fully saturated rings. The van der Waals surface area contributed by atoms with Crippen LogP contribution in [0.5, 0.6) is 0 Å². The minimum Gasteiger partial charge on any atom is -0.325 e. The lowest BCUT2D eigenvalue weighted by Gasteiger charge is -2.28. The van der Waals surface area contributed by atoms with Gasteiger partial charge in [-0.15, -0.1) is 0 Å². The normalized spacial score (nSPS) is 16.6. The van der Waals surface area contributed by atoms with Gasteiger partial charge in [0.2, 0.25) is 5.91 Å². The van der Waals surface area contributed by atoms with Gasteiger partial charge in [-0.1, -0.05) is 12.1 Å². The number of carbonyl (C=O) groups is 1. The molecule has 1 N–H and O–H groups in total. The lowest BCUT2D eigenvalue weighted by molar-refractivity contribution is -0.116. The lowest BCUT2D eigenvalue weighted by atomic mass is 9.92. The molecule has 0 saturated carbocycles. The number of carbonyl (C=O) groups excluding carboxylic acids is 1. The summed E-state index contributed by atoms with van der Waals surface area (Å²) >= 11 is 0. The molecule has 0 unspecified atom stereocenters. The lowest BCUT2D eigenvalue weighted by Crippen LogP contribution is -2.30. The molecule has 4 nitrogen and oxygen atoms in total. The van der Waals surface area contributed by atoms with Crippen molar-refractivity contribution in [3.05, 3.63) is 29.8 Å². The monoisotopic (exact) mass is 271 g/mol. The Labute approximate surface area is 120 Å². The summed E-state index contributed by atoms with van der Waals surface area (Å²) < 4.78 is 0. The van der Waals surface area contributed by atoms with E-state index in [1.807, 2.05) is 6.07 Å². The zero-order valence-electron chi connectivity index (χ0n) is 11.9. The molecule has 20 heavy (non-hydrogen) atoms. The molecule has 0 aromatic heterocycles. The van der Waals surface area contributed by atoms with Crippen molar-refractivity contribution >= 4 is 11.6 Å². The second-order valence-corrected chi connectivity index (χ2v) is 5.49. The van der Waals surface area contributed by atoms with Crippen molar-refractivity contribution in [2.45, 2.75) is 25.7 Å². The second kappa shape index (κ2) is 7.06. The number of rotatable bonds is 4. The van der Waals surface area contributed by atoms with E-state index in [9.17, 15) is 4.79 Å². The van der Waals surface area contributed by atoms with Gasteiger partial charge in [0.25, 0.3) is 0 Å². The van der Waals surface area contributed by atoms with E-state index in [0.717, 1.165) is 19.5 Å². The number of amides is 1. The maximum atomic E-state index is 12.0. The van der Waals surface area contributed by atoms with Crippen LogP contribution in [0, 0.1) is 17.2 Å². The molecule has 1 aliphatic rings. The van der Waals surface area contributed by atoms with Gasteiger partial charge in [-0.05, 0) is 57.5 Å². The number of nitriles is 1. The van der Waals surface area contributed by atoms with Crippen LogP contribution in [0.15, 0.2) is 24.3 Å². The highest BCUT2D eigenvalue weighted by molar-refractivity contribution is 5.92. The SMILES string of the molecule is CN1CCC(CCC(=O)Nc2ccccc2C#N)CC1. The van der Waals surface area contributed by atoms with Crippen LogP contribution in [0.1, 0.15) is 31.2 Å². The van der Waals surface area contributed by atoms with E-state index in [4.69, 9.17) is 5.26 Å². The summed E-state index contributed by atoms with van der Waals surface area (Å²) in [6.07, 6.45) is 3.83. The fourth-order valence-corrected chi connectivity index (χ4v) is 2.59. The van der Waals surface area contributed by atoms with Gasteiger partial charge in [0.1, 0.15) is 6.07 Å². The maximum Gasteiger partial charge on any atom is 0.224 e. The van der Waals surface area contributed by atoms with Crippen molar-refractivity contribution in [3.63, 3.8) is 0 Å². The number of piperidine rings is 1. The van der Waals surface area contributed by atoms with Crippen LogP contribution in [0.2, 0.25) is 0 Å². The van der Waals surface area contributed by atoms with Crippen LogP contribution in [-0.2, 0) is 4.79 Å². The van der Waals surface area contributed by atoms with E-state index >= 15 is 0 Å². The van der Waals surface area contributed by atoms with E-state index in [0.29, 0.717) is 23.6 Å². The Balaban J connectivity index is 1.80. The van der Waals surface area contributed by atoms with Gasteiger partial charge in [-0.2, -0.15) is 5.26 Å². The topological polar surface area (TPSA) is 56.1 Å². The molecule has 1 aromatic carbocycles. The summed E-state index contributed by atoms with van der Waals surface area (Å²) in [4.78, 5) is 14.3. The first kappa shape index (κ1) is 14.5. The molecular formula is C16H21N3O. The molecular weight excluding hydrogens is 250 g/mol. The van der Waals surface area contributed by atoms with E-state index in [-0.39, 0.29) is 5.91 Å². The van der Waals surface area contributed by atoms with Gasteiger partial charge < -0.3 is 10.2 Å². The Morgan fingerprint density at radius 2 is 2.10 bits per heavy atom. The van der Waals surface area contributed by atoms with Gasteiger partial charge >= 0.3 is 0 Å². The molecule has 1 heterocycles. The highest BCUT2D eigenvalue weighted by Crippen LogP contribution is 2.21. The minimum absolute atomic E-state index is 0.00614. The first-order chi connectivity index (χ1) is 9.69. The number of hydrogen-bond acceptors (Lipinski definition) is 3. The highest BCUT2D eigenvalue weighted by Gasteiger charge is 2.17. The summed E-state index contributed by atoms with van der Waals surface area (Å²) in [5.74, 6) is 0.662. The molecule has 0 bridgehead atoms. The van der Waals surface area contributed by atoms with Crippen molar-refractivity contribution < 1.29 is 4.79 Å². The number of hydrogen-bond donors (Lipinski definition) is 1. The Morgan fingerprint density at radius 3 is 2.80 bits per heavy atom. The van der Waals surface area contributed by atoms with Crippen LogP contribution in [0.3, 0.4) is 0 Å². The third-order valence-corrected chi connectivity index (χ3v) is 3.94. The first-order valence-electron chi connectivity index (χ1n) is 7.16. The van der Waals surface area contributed by atoms with Crippen molar-refractivity contribution in [2.24, 2.45) is 5.92 Å². The summed E-state index contributed by atoms with van der Waals surface area (Å²) in [6, 6.07) is 9.20. The predicted octanol–water partition coefficient (Wildman–Crippen LogP) is 2.62. The van der Waals surface area contributed by atoms with Crippen LogP contribution in [0.4, 0.5) is 5.69 Å². The Bertz CT molecular complexity index is 499. The van der Waals surface area contributed by atoms with E-state index in [1.54, 1.807) is 18.2 Å². The number of nitrogens with one attached hydrogen (secondary N) is 1. The molecule has 0 spiro atoms. The van der Waals surface area contributed by atoms with E-state index in [1.165, 1.54) is 12.8 Å². The number of para-hydroxylation sites is 1. The van der Waals surface area contributed by atoms with Gasteiger partial charge in [0.15, 0.2) is 0 Å². The quantitative estimate of drug-likeness (QED) is 0.915. The summed E-state index contributed by atoms with van der Waals surface area (Å²) in [5, 5.41) is 11.8. The van der Waals surface area contributed by atoms with E-state index < -0.39 is 0 Å². The van der Waals surface area contributed by atoms with Gasteiger partial charge in [0, 0.05) is 6.42 Å². The molecule has 0 radical (unpaired) electrons. The predicted molar refractivity (Wildman–Crippen MR) is 79.2 cm³/mol. The van der Waals surface area contributed by atoms with Crippen molar-refractivity contribution in [3.8, 4) is 6.07 Å². The number of anilines is 1. The molecule has 106 valence electrons. The van der Waals surface area contributed by atoms with Crippen LogP contribution in [0.25, 0.3) is 0 Å². The fraction of sp³-hybridized carbons (Fsp3) is 0.500. The van der Waals surface area contributed by atoms with Crippen LogP contribution < -0.4 is 5.32 Å². The molecule has 4 heteroatoms. The van der Waals surface area contributed by atoms with Crippen LogP contribution >= 0.6 is 0 Å². The average Bonchev–Trinajstić information content (AvgIpc) is 2.47. The summed E-state index contributed by atoms with van der Waals surface area (Å²) in [7, 11) is 2.14. The highest BCUT2D eigenvalue weighted by atomic mass is 16.1. The molecule has 1 amide bonds. The van der Waals surface area contributed by atoms with Crippen molar-refractivity contribution in [2.75, 3.05) is 25.5 Å². The minimum atomic E-state index is 0.00614. The van der Waals surface area contributed by atoms with E-state index in [2.05, 4.69) is 23.3 Å². The van der Waals surface area contributed by atoms with Gasteiger partial charge in [-0.3, -0.25) is 4.79 Å². The molecule has 0 aliphatic carbocycles. The van der Waals surface area contributed by atoms with Gasteiger partial charge in [0.05, 0.1) is 11.3 Å². The maximum absolute atomic E-state index is 12.0. The van der Waals surface area contributed by atoms with Crippen molar-refractivity contribution in [1.29, 1.82) is 5.26 Å². The Hall–Kier alpha value is -1.86. The van der Waals surface area contributed by atoms with Crippen LogP contribution in [-0.4, -0.2) is 30.9 Å². The third-order valence-electron chi connectivity index (χ3n) is 3.94.